The van der Waals surface area contributed by atoms with Crippen molar-refractivity contribution >= 4 is 5.97 Å². The Bertz CT molecular complexity index is 818. The van der Waals surface area contributed by atoms with Crippen LogP contribution in [0.3, 0.4) is 0 Å². The van der Waals surface area contributed by atoms with E-state index in [-0.39, 0.29) is 0 Å². The molecule has 0 spiro atoms. The van der Waals surface area contributed by atoms with Crippen LogP contribution in [0.15, 0.2) is 60.7 Å². The Morgan fingerprint density at radius 1 is 0.938 bits per heavy atom. The molecular formula is C28H38N2O2. The van der Waals surface area contributed by atoms with E-state index < -0.39 is 12.0 Å². The third-order valence-electron chi connectivity index (χ3n) is 7.47. The Morgan fingerprint density at radius 3 is 2.31 bits per heavy atom. The molecule has 0 radical (unpaired) electrons. The van der Waals surface area contributed by atoms with E-state index in [2.05, 4.69) is 40.5 Å². The van der Waals surface area contributed by atoms with Crippen LogP contribution in [0.4, 0.5) is 0 Å². The van der Waals surface area contributed by atoms with E-state index in [4.69, 9.17) is 0 Å². The molecule has 2 aromatic rings. The minimum absolute atomic E-state index is 0.303. The minimum Gasteiger partial charge on any atom is -0.480 e. The lowest BCUT2D eigenvalue weighted by Crippen LogP contribution is -2.38. The number of carboxylic acids is 1. The molecular weight excluding hydrogens is 396 g/mol. The topological polar surface area (TPSA) is 52.6 Å². The fourth-order valence-corrected chi connectivity index (χ4v) is 5.65. The number of hydrogen-bond donors (Lipinski definition) is 2. The summed E-state index contributed by atoms with van der Waals surface area (Å²) in [5.41, 5.74) is 2.31. The molecule has 2 fully saturated rings. The number of aryl methyl sites for hydroxylation is 1. The summed E-state index contributed by atoms with van der Waals surface area (Å²) in [5, 5.41) is 13.1. The summed E-state index contributed by atoms with van der Waals surface area (Å²) in [4.78, 5) is 14.5. The number of carbonyl (C=O) groups is 1. The van der Waals surface area contributed by atoms with Gasteiger partial charge in [0.2, 0.25) is 0 Å². The predicted molar refractivity (Wildman–Crippen MR) is 130 cm³/mol. The van der Waals surface area contributed by atoms with E-state index in [1.807, 2.05) is 30.3 Å². The molecule has 1 saturated carbocycles. The van der Waals surface area contributed by atoms with Gasteiger partial charge in [-0.15, -0.1) is 0 Å². The van der Waals surface area contributed by atoms with Crippen molar-refractivity contribution in [2.45, 2.75) is 63.5 Å². The van der Waals surface area contributed by atoms with Crippen molar-refractivity contribution in [3.05, 3.63) is 71.8 Å². The molecule has 0 aromatic heterocycles. The lowest BCUT2D eigenvalue weighted by Gasteiger charge is -2.33. The predicted octanol–water partition coefficient (Wildman–Crippen LogP) is 5.31. The molecule has 1 heterocycles. The first-order valence-electron chi connectivity index (χ1n) is 12.5. The number of benzene rings is 2. The van der Waals surface area contributed by atoms with Gasteiger partial charge in [-0.25, -0.2) is 0 Å². The number of piperidine rings is 1. The van der Waals surface area contributed by atoms with Gasteiger partial charge < -0.3 is 10.0 Å². The number of likely N-dealkylation sites (tertiary alicyclic amines) is 1. The van der Waals surface area contributed by atoms with Gasteiger partial charge in [0, 0.05) is 12.6 Å². The summed E-state index contributed by atoms with van der Waals surface area (Å²) >= 11 is 0. The maximum atomic E-state index is 11.8. The van der Waals surface area contributed by atoms with Crippen LogP contribution >= 0.6 is 0 Å². The van der Waals surface area contributed by atoms with Crippen LogP contribution in [0.25, 0.3) is 0 Å². The number of carboxylic acid groups (broad SMARTS) is 1. The smallest absolute Gasteiger partial charge is 0.325 e. The minimum atomic E-state index is -0.783. The fraction of sp³-hybridized carbons (Fsp3) is 0.536. The highest BCUT2D eigenvalue weighted by Crippen LogP contribution is 2.30. The summed E-state index contributed by atoms with van der Waals surface area (Å²) in [6.45, 7) is 3.64. The summed E-state index contributed by atoms with van der Waals surface area (Å²) in [7, 11) is 0. The second-order valence-corrected chi connectivity index (χ2v) is 9.85. The first kappa shape index (κ1) is 23.0. The lowest BCUT2D eigenvalue weighted by molar-refractivity contribution is -0.139. The van der Waals surface area contributed by atoms with Gasteiger partial charge in [0.25, 0.3) is 0 Å². The average Bonchev–Trinajstić information content (AvgIpc) is 3.27. The van der Waals surface area contributed by atoms with E-state index in [1.54, 1.807) is 0 Å². The SMILES string of the molecule is O=C(O)C(NC1CCC(CN2CCC(CCCc3ccccc3)CC2)C1)c1ccccc1. The van der Waals surface area contributed by atoms with Crippen LogP contribution in [-0.2, 0) is 11.2 Å². The van der Waals surface area contributed by atoms with Crippen LogP contribution in [0.5, 0.6) is 0 Å². The average molecular weight is 435 g/mol. The van der Waals surface area contributed by atoms with Gasteiger partial charge in [0.05, 0.1) is 0 Å². The van der Waals surface area contributed by atoms with Crippen molar-refractivity contribution in [2.75, 3.05) is 19.6 Å². The van der Waals surface area contributed by atoms with Crippen molar-refractivity contribution in [1.82, 2.24) is 10.2 Å². The van der Waals surface area contributed by atoms with Crippen LogP contribution in [0.1, 0.15) is 62.1 Å². The monoisotopic (exact) mass is 434 g/mol. The van der Waals surface area contributed by atoms with Crippen molar-refractivity contribution in [2.24, 2.45) is 11.8 Å². The molecule has 0 amide bonds. The maximum absolute atomic E-state index is 11.8. The summed E-state index contributed by atoms with van der Waals surface area (Å²) < 4.78 is 0. The second-order valence-electron chi connectivity index (χ2n) is 9.85. The zero-order valence-electron chi connectivity index (χ0n) is 19.2. The third-order valence-corrected chi connectivity index (χ3v) is 7.47. The highest BCUT2D eigenvalue weighted by atomic mass is 16.4. The van der Waals surface area contributed by atoms with Crippen LogP contribution in [0, 0.1) is 11.8 Å². The number of hydrogen-bond acceptors (Lipinski definition) is 3. The van der Waals surface area contributed by atoms with E-state index >= 15 is 0 Å². The zero-order valence-corrected chi connectivity index (χ0v) is 19.2. The Balaban J connectivity index is 1.15. The van der Waals surface area contributed by atoms with E-state index in [9.17, 15) is 9.90 Å². The zero-order chi connectivity index (χ0) is 22.2. The molecule has 2 aromatic carbocycles. The number of rotatable bonds is 10. The maximum Gasteiger partial charge on any atom is 0.325 e. The van der Waals surface area contributed by atoms with Crippen molar-refractivity contribution < 1.29 is 9.90 Å². The van der Waals surface area contributed by atoms with Crippen molar-refractivity contribution in [3.8, 4) is 0 Å². The molecule has 1 aliphatic carbocycles. The fourth-order valence-electron chi connectivity index (χ4n) is 5.65. The van der Waals surface area contributed by atoms with Gasteiger partial charge in [-0.1, -0.05) is 67.1 Å². The molecule has 0 bridgehead atoms. The lowest BCUT2D eigenvalue weighted by atomic mass is 9.90. The highest BCUT2D eigenvalue weighted by Gasteiger charge is 2.31. The van der Waals surface area contributed by atoms with Crippen LogP contribution in [0.2, 0.25) is 0 Å². The van der Waals surface area contributed by atoms with Crippen molar-refractivity contribution in [3.63, 3.8) is 0 Å². The second kappa shape index (κ2) is 11.6. The van der Waals surface area contributed by atoms with Gasteiger partial charge >= 0.3 is 5.97 Å². The molecule has 4 heteroatoms. The van der Waals surface area contributed by atoms with Crippen molar-refractivity contribution in [1.29, 1.82) is 0 Å². The normalized spacial score (nSPS) is 23.2. The Kier molecular flexibility index (Phi) is 8.36. The molecule has 3 atom stereocenters. The summed E-state index contributed by atoms with van der Waals surface area (Å²) in [6.07, 6.45) is 9.90. The van der Waals surface area contributed by atoms with E-state index in [0.717, 1.165) is 24.3 Å². The Labute approximate surface area is 193 Å². The molecule has 2 N–H and O–H groups in total. The Hall–Kier alpha value is -2.17. The first-order valence-corrected chi connectivity index (χ1v) is 12.5. The largest absolute Gasteiger partial charge is 0.480 e. The van der Waals surface area contributed by atoms with E-state index in [1.165, 1.54) is 63.7 Å². The highest BCUT2D eigenvalue weighted by molar-refractivity contribution is 5.75. The van der Waals surface area contributed by atoms with Gasteiger partial charge in [0.1, 0.15) is 6.04 Å². The van der Waals surface area contributed by atoms with Gasteiger partial charge in [-0.2, -0.15) is 0 Å². The first-order chi connectivity index (χ1) is 15.7. The third kappa shape index (κ3) is 6.66. The molecule has 32 heavy (non-hydrogen) atoms. The van der Waals surface area contributed by atoms with Gasteiger partial charge in [0.15, 0.2) is 0 Å². The molecule has 4 rings (SSSR count). The Morgan fingerprint density at radius 2 is 1.62 bits per heavy atom. The van der Waals surface area contributed by atoms with E-state index in [0.29, 0.717) is 12.0 Å². The molecule has 3 unspecified atom stereocenters. The number of nitrogens with zero attached hydrogens (tertiary/aromatic N) is 1. The van der Waals surface area contributed by atoms with Gasteiger partial charge in [-0.05, 0) is 81.0 Å². The molecule has 1 aliphatic heterocycles. The van der Waals surface area contributed by atoms with Crippen LogP contribution < -0.4 is 5.32 Å². The molecule has 4 nitrogen and oxygen atoms in total. The standard InChI is InChI=1S/C28H38N2O2/c31-28(32)27(25-12-5-2-6-13-25)29-26-15-14-24(20-26)21-30-18-16-23(17-19-30)11-7-10-22-8-3-1-4-9-22/h1-6,8-9,12-13,23-24,26-27,29H,7,10-11,14-21H2,(H,31,32). The molecule has 172 valence electrons. The van der Waals surface area contributed by atoms with Gasteiger partial charge in [-0.3, -0.25) is 10.1 Å². The quantitative estimate of drug-likeness (QED) is 0.532. The van der Waals surface area contributed by atoms with Crippen LogP contribution in [-0.4, -0.2) is 41.7 Å². The summed E-state index contributed by atoms with van der Waals surface area (Å²) in [6, 6.07) is 20.1. The molecule has 1 saturated heterocycles. The molecule has 2 aliphatic rings. The number of nitrogens with one attached hydrogen (secondary N) is 1. The summed E-state index contributed by atoms with van der Waals surface area (Å²) in [5.74, 6) is 0.788. The number of aliphatic carboxylic acids is 1.